The van der Waals surface area contributed by atoms with Gasteiger partial charge in [-0.25, -0.2) is 5.10 Å². The molecule has 0 saturated carbocycles. The van der Waals surface area contributed by atoms with Gasteiger partial charge in [-0.15, -0.1) is 0 Å². The monoisotopic (exact) mass is 412 g/mol. The van der Waals surface area contributed by atoms with Crippen LogP contribution in [0.3, 0.4) is 0 Å². The molecule has 8 nitrogen and oxygen atoms in total. The second-order valence-corrected chi connectivity index (χ2v) is 7.73. The highest BCUT2D eigenvalue weighted by molar-refractivity contribution is 5.92. The largest absolute Gasteiger partial charge is 0.481 e. The Morgan fingerprint density at radius 1 is 1.00 bits per heavy atom. The molecule has 1 fully saturated rings. The molecule has 0 bridgehead atoms. The van der Waals surface area contributed by atoms with E-state index in [1.165, 1.54) is 12.1 Å². The molecule has 3 rings (SSSR count). The minimum atomic E-state index is -0.618. The Labute approximate surface area is 175 Å². The quantitative estimate of drug-likeness (QED) is 0.811. The predicted octanol–water partition coefficient (Wildman–Crippen LogP) is 2.04. The molecule has 160 valence electrons. The van der Waals surface area contributed by atoms with E-state index in [9.17, 15) is 14.4 Å². The molecule has 0 aliphatic carbocycles. The summed E-state index contributed by atoms with van der Waals surface area (Å²) in [6.07, 6.45) is 0.0453. The Morgan fingerprint density at radius 3 is 2.40 bits per heavy atom. The van der Waals surface area contributed by atoms with Gasteiger partial charge >= 0.3 is 0 Å². The number of ether oxygens (including phenoxy) is 1. The van der Waals surface area contributed by atoms with Crippen LogP contribution in [0.5, 0.6) is 5.75 Å². The number of rotatable bonds is 5. The molecule has 1 aromatic heterocycles. The number of carbonyl (C=O) groups is 2. The van der Waals surface area contributed by atoms with E-state index in [1.54, 1.807) is 16.7 Å². The van der Waals surface area contributed by atoms with Crippen molar-refractivity contribution in [2.45, 2.75) is 39.2 Å². The molecule has 1 saturated heterocycles. The summed E-state index contributed by atoms with van der Waals surface area (Å²) in [7, 11) is 0. The molecule has 0 spiro atoms. The third-order valence-electron chi connectivity index (χ3n) is 5.19. The van der Waals surface area contributed by atoms with Crippen LogP contribution in [-0.4, -0.2) is 64.1 Å². The Balaban J connectivity index is 1.62. The van der Waals surface area contributed by atoms with Gasteiger partial charge < -0.3 is 14.5 Å². The van der Waals surface area contributed by atoms with Gasteiger partial charge in [0, 0.05) is 32.2 Å². The van der Waals surface area contributed by atoms with E-state index in [4.69, 9.17) is 4.74 Å². The molecule has 2 amide bonds. The first-order chi connectivity index (χ1) is 14.4. The highest BCUT2D eigenvalue weighted by Crippen LogP contribution is 2.27. The maximum Gasteiger partial charge on any atom is 0.274 e. The number of benzene rings is 1. The van der Waals surface area contributed by atoms with Crippen molar-refractivity contribution >= 4 is 11.8 Å². The number of carbonyl (C=O) groups excluding carboxylic acids is 2. The average Bonchev–Trinajstić information content (AvgIpc) is 2.99. The van der Waals surface area contributed by atoms with E-state index >= 15 is 0 Å². The van der Waals surface area contributed by atoms with Crippen LogP contribution in [0.25, 0.3) is 0 Å². The molecule has 1 aromatic carbocycles. The van der Waals surface area contributed by atoms with E-state index < -0.39 is 6.10 Å². The van der Waals surface area contributed by atoms with Crippen LogP contribution >= 0.6 is 0 Å². The molecule has 1 aliphatic heterocycles. The van der Waals surface area contributed by atoms with E-state index in [-0.39, 0.29) is 23.1 Å². The lowest BCUT2D eigenvalue weighted by Crippen LogP contribution is -2.43. The first-order valence-electron chi connectivity index (χ1n) is 10.3. The van der Waals surface area contributed by atoms with Gasteiger partial charge in [0.05, 0.1) is 0 Å². The normalized spacial score (nSPS) is 15.6. The van der Waals surface area contributed by atoms with Gasteiger partial charge in [0.1, 0.15) is 11.4 Å². The van der Waals surface area contributed by atoms with Crippen LogP contribution < -0.4 is 10.3 Å². The first-order valence-corrected chi connectivity index (χ1v) is 10.3. The van der Waals surface area contributed by atoms with Crippen LogP contribution in [0.2, 0.25) is 0 Å². The summed E-state index contributed by atoms with van der Waals surface area (Å²) in [4.78, 5) is 40.1. The molecular weight excluding hydrogens is 384 g/mol. The lowest BCUT2D eigenvalue weighted by atomic mass is 10.0. The fourth-order valence-corrected chi connectivity index (χ4v) is 3.53. The van der Waals surface area contributed by atoms with Crippen LogP contribution in [-0.2, 0) is 4.79 Å². The summed E-state index contributed by atoms with van der Waals surface area (Å²) in [5.41, 5.74) is 0.904. The summed E-state index contributed by atoms with van der Waals surface area (Å²) in [6, 6.07) is 10.5. The van der Waals surface area contributed by atoms with Crippen molar-refractivity contribution in [2.24, 2.45) is 0 Å². The van der Waals surface area contributed by atoms with Gasteiger partial charge in [0.25, 0.3) is 17.4 Å². The Hall–Kier alpha value is -3.16. The smallest absolute Gasteiger partial charge is 0.274 e. The Bertz CT molecular complexity index is 936. The zero-order valence-electron chi connectivity index (χ0n) is 17.6. The maximum atomic E-state index is 13.0. The molecule has 8 heteroatoms. The van der Waals surface area contributed by atoms with E-state index in [0.29, 0.717) is 38.5 Å². The molecule has 2 aromatic rings. The highest BCUT2D eigenvalue weighted by atomic mass is 16.5. The average molecular weight is 412 g/mol. The van der Waals surface area contributed by atoms with Gasteiger partial charge in [0.15, 0.2) is 6.10 Å². The summed E-state index contributed by atoms with van der Waals surface area (Å²) >= 11 is 0. The second kappa shape index (κ2) is 9.56. The van der Waals surface area contributed by atoms with Crippen molar-refractivity contribution in [1.29, 1.82) is 0 Å². The van der Waals surface area contributed by atoms with Gasteiger partial charge in [-0.2, -0.15) is 5.10 Å². The summed E-state index contributed by atoms with van der Waals surface area (Å²) in [5, 5.41) is 6.09. The minimum Gasteiger partial charge on any atom is -0.481 e. The number of H-pyrrole nitrogens is 1. The molecule has 1 N–H and O–H groups in total. The summed E-state index contributed by atoms with van der Waals surface area (Å²) < 4.78 is 6.00. The van der Waals surface area contributed by atoms with Crippen LogP contribution in [0.1, 0.15) is 49.2 Å². The van der Waals surface area contributed by atoms with Crippen LogP contribution in [0.15, 0.2) is 41.2 Å². The Morgan fingerprint density at radius 2 is 1.70 bits per heavy atom. The first kappa shape index (κ1) is 21.5. The summed E-state index contributed by atoms with van der Waals surface area (Å²) in [6.45, 7) is 7.85. The number of hydrogen-bond donors (Lipinski definition) is 1. The standard InChI is InChI=1S/C22H28N4O4/c1-15(2)17-7-4-5-8-19(17)30-16(3)21(28)25-11-6-12-26(14-13-25)22(29)18-9-10-20(27)24-23-18/h4-5,7-10,15-16H,6,11-14H2,1-3H3,(H,24,27). The molecule has 1 aliphatic rings. The van der Waals surface area contributed by atoms with Crippen LogP contribution in [0.4, 0.5) is 0 Å². The van der Waals surface area contributed by atoms with E-state index in [2.05, 4.69) is 24.0 Å². The second-order valence-electron chi connectivity index (χ2n) is 7.73. The number of aromatic nitrogens is 2. The molecule has 1 atom stereocenters. The molecular formula is C22H28N4O4. The van der Waals surface area contributed by atoms with E-state index in [1.807, 2.05) is 24.3 Å². The van der Waals surface area contributed by atoms with Gasteiger partial charge in [-0.1, -0.05) is 32.0 Å². The maximum absolute atomic E-state index is 13.0. The van der Waals surface area contributed by atoms with E-state index in [0.717, 1.165) is 11.3 Å². The lowest BCUT2D eigenvalue weighted by Gasteiger charge is -2.26. The Kier molecular flexibility index (Phi) is 6.87. The highest BCUT2D eigenvalue weighted by Gasteiger charge is 2.27. The number of aromatic amines is 1. The fourth-order valence-electron chi connectivity index (χ4n) is 3.53. The minimum absolute atomic E-state index is 0.0926. The molecule has 0 radical (unpaired) electrons. The number of hydrogen-bond acceptors (Lipinski definition) is 5. The number of nitrogens with one attached hydrogen (secondary N) is 1. The third-order valence-corrected chi connectivity index (χ3v) is 5.19. The predicted molar refractivity (Wildman–Crippen MR) is 113 cm³/mol. The molecule has 30 heavy (non-hydrogen) atoms. The molecule has 1 unspecified atom stereocenters. The SMILES string of the molecule is CC(Oc1ccccc1C(C)C)C(=O)N1CCCN(C(=O)c2ccc(=O)[nH]n2)CC1. The topological polar surface area (TPSA) is 95.6 Å². The number of para-hydroxylation sites is 1. The van der Waals surface area contributed by atoms with Crippen molar-refractivity contribution in [3.8, 4) is 5.75 Å². The fraction of sp³-hybridized carbons (Fsp3) is 0.455. The van der Waals surface area contributed by atoms with Gasteiger partial charge in [0.2, 0.25) is 0 Å². The molecule has 2 heterocycles. The zero-order chi connectivity index (χ0) is 21.7. The lowest BCUT2D eigenvalue weighted by molar-refractivity contribution is -0.137. The number of amides is 2. The van der Waals surface area contributed by atoms with Crippen molar-refractivity contribution in [3.05, 3.63) is 58.0 Å². The third kappa shape index (κ3) is 5.06. The van der Waals surface area contributed by atoms with Gasteiger partial charge in [-0.3, -0.25) is 14.4 Å². The van der Waals surface area contributed by atoms with Crippen LogP contribution in [0, 0.1) is 0 Å². The summed E-state index contributed by atoms with van der Waals surface area (Å²) in [5.74, 6) is 0.674. The van der Waals surface area contributed by atoms with Crippen molar-refractivity contribution in [2.75, 3.05) is 26.2 Å². The van der Waals surface area contributed by atoms with Crippen molar-refractivity contribution in [3.63, 3.8) is 0 Å². The van der Waals surface area contributed by atoms with Crippen molar-refractivity contribution in [1.82, 2.24) is 20.0 Å². The number of nitrogens with zero attached hydrogens (tertiary/aromatic N) is 3. The van der Waals surface area contributed by atoms with Crippen molar-refractivity contribution < 1.29 is 14.3 Å². The van der Waals surface area contributed by atoms with Gasteiger partial charge in [-0.05, 0) is 37.0 Å². The zero-order valence-corrected chi connectivity index (χ0v) is 17.6.